The number of aromatic nitrogens is 1. The summed E-state index contributed by atoms with van der Waals surface area (Å²) < 4.78 is 5.51. The molecule has 0 aliphatic carbocycles. The Hall–Kier alpha value is -1.35. The van der Waals surface area contributed by atoms with Crippen molar-refractivity contribution in [3.05, 3.63) is 29.7 Å². The molecule has 0 aliphatic rings. The first kappa shape index (κ1) is 11.1. The van der Waals surface area contributed by atoms with Crippen LogP contribution in [0.15, 0.2) is 22.6 Å². The zero-order valence-corrected chi connectivity index (χ0v) is 10.1. The van der Waals surface area contributed by atoms with Crippen molar-refractivity contribution in [1.82, 2.24) is 4.98 Å². The Labute approximate surface area is 95.7 Å². The van der Waals surface area contributed by atoms with Gasteiger partial charge in [-0.3, -0.25) is 0 Å². The highest BCUT2D eigenvalue weighted by Crippen LogP contribution is 2.23. The summed E-state index contributed by atoms with van der Waals surface area (Å²) >= 11 is 0. The quantitative estimate of drug-likeness (QED) is 0.861. The first-order valence-electron chi connectivity index (χ1n) is 5.56. The Kier molecular flexibility index (Phi) is 2.72. The smallest absolute Gasteiger partial charge is 0.192 e. The molecule has 1 aromatic heterocycles. The lowest BCUT2D eigenvalue weighted by Crippen LogP contribution is -2.25. The van der Waals surface area contributed by atoms with E-state index in [9.17, 15) is 0 Å². The third kappa shape index (κ3) is 2.25. The number of oxazole rings is 1. The Balaban J connectivity index is 2.32. The summed E-state index contributed by atoms with van der Waals surface area (Å²) in [6.07, 6.45) is 0.958. The lowest BCUT2D eigenvalue weighted by molar-refractivity contribution is 0.377. The summed E-state index contributed by atoms with van der Waals surface area (Å²) in [6, 6.07) is 6.17. The monoisotopic (exact) mass is 218 g/mol. The molecule has 86 valence electrons. The van der Waals surface area contributed by atoms with E-state index in [1.165, 1.54) is 5.56 Å². The first-order chi connectivity index (χ1) is 7.50. The molecule has 1 aromatic carbocycles. The summed E-state index contributed by atoms with van der Waals surface area (Å²) in [4.78, 5) is 4.28. The Morgan fingerprint density at radius 3 is 2.81 bits per heavy atom. The predicted octanol–water partition coefficient (Wildman–Crippen LogP) is 2.66. The van der Waals surface area contributed by atoms with Gasteiger partial charge in [0.15, 0.2) is 11.5 Å². The highest BCUT2D eigenvalue weighted by atomic mass is 16.3. The van der Waals surface area contributed by atoms with Crippen molar-refractivity contribution in [3.63, 3.8) is 0 Å². The normalized spacial score (nSPS) is 12.2. The van der Waals surface area contributed by atoms with Gasteiger partial charge in [-0.1, -0.05) is 19.9 Å². The van der Waals surface area contributed by atoms with Crippen LogP contribution in [0, 0.1) is 12.3 Å². The second-order valence-corrected chi connectivity index (χ2v) is 5.08. The fraction of sp³-hybridized carbons (Fsp3) is 0.462. The van der Waals surface area contributed by atoms with Gasteiger partial charge in [0.1, 0.15) is 5.52 Å². The fourth-order valence-corrected chi connectivity index (χ4v) is 1.82. The van der Waals surface area contributed by atoms with E-state index in [0.717, 1.165) is 17.5 Å². The van der Waals surface area contributed by atoms with Crippen molar-refractivity contribution in [3.8, 4) is 0 Å². The van der Waals surface area contributed by atoms with Gasteiger partial charge in [-0.15, -0.1) is 0 Å². The zero-order chi connectivity index (χ0) is 11.8. The minimum atomic E-state index is 0.128. The molecule has 0 saturated heterocycles. The van der Waals surface area contributed by atoms with E-state index in [-0.39, 0.29) is 5.41 Å². The molecule has 0 aliphatic heterocycles. The molecule has 3 nitrogen and oxygen atoms in total. The van der Waals surface area contributed by atoms with Crippen LogP contribution in [-0.2, 0) is 6.42 Å². The third-order valence-corrected chi connectivity index (χ3v) is 2.80. The SMILES string of the molecule is Cc1nc2ccc(CC(C)(C)CN)cc2o1. The number of fused-ring (bicyclic) bond motifs is 1. The Bertz CT molecular complexity index is 500. The van der Waals surface area contributed by atoms with Gasteiger partial charge >= 0.3 is 0 Å². The number of nitrogens with zero attached hydrogens (tertiary/aromatic N) is 1. The molecule has 16 heavy (non-hydrogen) atoms. The number of rotatable bonds is 3. The van der Waals surface area contributed by atoms with Crippen molar-refractivity contribution in [2.24, 2.45) is 11.1 Å². The maximum Gasteiger partial charge on any atom is 0.192 e. The molecule has 0 saturated carbocycles. The van der Waals surface area contributed by atoms with Crippen molar-refractivity contribution in [1.29, 1.82) is 0 Å². The maximum atomic E-state index is 5.74. The number of hydrogen-bond donors (Lipinski definition) is 1. The minimum Gasteiger partial charge on any atom is -0.441 e. The van der Waals surface area contributed by atoms with E-state index < -0.39 is 0 Å². The standard InChI is InChI=1S/C13H18N2O/c1-9-15-11-5-4-10(6-12(11)16-9)7-13(2,3)8-14/h4-6H,7-8,14H2,1-3H3. The topological polar surface area (TPSA) is 52.0 Å². The number of aryl methyl sites for hydroxylation is 1. The first-order valence-corrected chi connectivity index (χ1v) is 5.56. The molecule has 0 bridgehead atoms. The minimum absolute atomic E-state index is 0.128. The van der Waals surface area contributed by atoms with Gasteiger partial charge in [-0.25, -0.2) is 4.98 Å². The Morgan fingerprint density at radius 1 is 1.38 bits per heavy atom. The van der Waals surface area contributed by atoms with Gasteiger partial charge < -0.3 is 10.2 Å². The van der Waals surface area contributed by atoms with Crippen LogP contribution in [0.4, 0.5) is 0 Å². The van der Waals surface area contributed by atoms with Gasteiger partial charge in [0.25, 0.3) is 0 Å². The van der Waals surface area contributed by atoms with Crippen LogP contribution in [0.1, 0.15) is 25.3 Å². The highest BCUT2D eigenvalue weighted by Gasteiger charge is 2.16. The summed E-state index contributed by atoms with van der Waals surface area (Å²) in [6.45, 7) is 6.88. The molecule has 0 atom stereocenters. The predicted molar refractivity (Wildman–Crippen MR) is 65.3 cm³/mol. The molecule has 0 amide bonds. The van der Waals surface area contributed by atoms with E-state index in [2.05, 4.69) is 31.0 Å². The molecule has 3 heteroatoms. The van der Waals surface area contributed by atoms with Crippen LogP contribution in [0.25, 0.3) is 11.1 Å². The summed E-state index contributed by atoms with van der Waals surface area (Å²) in [5.74, 6) is 0.713. The van der Waals surface area contributed by atoms with E-state index in [1.807, 2.05) is 13.0 Å². The second kappa shape index (κ2) is 3.91. The van der Waals surface area contributed by atoms with E-state index in [0.29, 0.717) is 12.4 Å². The molecule has 2 aromatic rings. The van der Waals surface area contributed by atoms with E-state index >= 15 is 0 Å². The summed E-state index contributed by atoms with van der Waals surface area (Å²) in [5.41, 5.74) is 8.90. The molecule has 1 heterocycles. The molecule has 0 fully saturated rings. The molecule has 0 spiro atoms. The lowest BCUT2D eigenvalue weighted by Gasteiger charge is -2.22. The van der Waals surface area contributed by atoms with Crippen LogP contribution in [-0.4, -0.2) is 11.5 Å². The highest BCUT2D eigenvalue weighted by molar-refractivity contribution is 5.73. The molecule has 2 N–H and O–H groups in total. The second-order valence-electron chi connectivity index (χ2n) is 5.08. The molecule has 2 rings (SSSR count). The van der Waals surface area contributed by atoms with Crippen molar-refractivity contribution < 1.29 is 4.42 Å². The van der Waals surface area contributed by atoms with Crippen molar-refractivity contribution in [2.45, 2.75) is 27.2 Å². The van der Waals surface area contributed by atoms with Crippen molar-refractivity contribution >= 4 is 11.1 Å². The van der Waals surface area contributed by atoms with Crippen LogP contribution < -0.4 is 5.73 Å². The lowest BCUT2D eigenvalue weighted by atomic mass is 9.86. The number of nitrogens with two attached hydrogens (primary N) is 1. The van der Waals surface area contributed by atoms with Crippen LogP contribution >= 0.6 is 0 Å². The van der Waals surface area contributed by atoms with Gasteiger partial charge in [0.2, 0.25) is 0 Å². The van der Waals surface area contributed by atoms with Gasteiger partial charge in [-0.05, 0) is 36.1 Å². The van der Waals surface area contributed by atoms with E-state index in [1.54, 1.807) is 0 Å². The fourth-order valence-electron chi connectivity index (χ4n) is 1.82. The van der Waals surface area contributed by atoms with Crippen LogP contribution in [0.3, 0.4) is 0 Å². The molecule has 0 radical (unpaired) electrons. The average Bonchev–Trinajstić information content (AvgIpc) is 2.57. The van der Waals surface area contributed by atoms with Crippen LogP contribution in [0.5, 0.6) is 0 Å². The molecular weight excluding hydrogens is 200 g/mol. The largest absolute Gasteiger partial charge is 0.441 e. The number of benzene rings is 1. The van der Waals surface area contributed by atoms with Crippen LogP contribution in [0.2, 0.25) is 0 Å². The third-order valence-electron chi connectivity index (χ3n) is 2.80. The average molecular weight is 218 g/mol. The Morgan fingerprint density at radius 2 is 2.12 bits per heavy atom. The summed E-state index contributed by atoms with van der Waals surface area (Å²) in [5, 5.41) is 0. The zero-order valence-electron chi connectivity index (χ0n) is 10.1. The van der Waals surface area contributed by atoms with Gasteiger partial charge in [-0.2, -0.15) is 0 Å². The summed E-state index contributed by atoms with van der Waals surface area (Å²) in [7, 11) is 0. The molecule has 0 unspecified atom stereocenters. The van der Waals surface area contributed by atoms with Gasteiger partial charge in [0.05, 0.1) is 0 Å². The number of hydrogen-bond acceptors (Lipinski definition) is 3. The van der Waals surface area contributed by atoms with E-state index in [4.69, 9.17) is 10.2 Å². The van der Waals surface area contributed by atoms with Crippen molar-refractivity contribution in [2.75, 3.05) is 6.54 Å². The van der Waals surface area contributed by atoms with Gasteiger partial charge in [0, 0.05) is 6.92 Å². The maximum absolute atomic E-state index is 5.74. The molecular formula is C13H18N2O.